The van der Waals surface area contributed by atoms with Gasteiger partial charge >= 0.3 is 6.01 Å². The first-order chi connectivity index (χ1) is 14.3. The molecule has 1 aliphatic rings. The van der Waals surface area contributed by atoms with Gasteiger partial charge in [0, 0.05) is 11.6 Å². The number of nitrogens with one attached hydrogen (secondary N) is 1. The first-order valence-corrected chi connectivity index (χ1v) is 12.0. The number of carbonyl (C=O) groups excluding carboxylic acids is 1. The smallest absolute Gasteiger partial charge is 0.322 e. The summed E-state index contributed by atoms with van der Waals surface area (Å²) in [5.41, 5.74) is 0.451. The molecule has 30 heavy (non-hydrogen) atoms. The normalized spacial score (nSPS) is 17.4. The zero-order valence-electron chi connectivity index (χ0n) is 15.0. The van der Waals surface area contributed by atoms with Crippen molar-refractivity contribution in [3.05, 3.63) is 44.0 Å². The summed E-state index contributed by atoms with van der Waals surface area (Å²) in [6.45, 7) is 0.223. The van der Waals surface area contributed by atoms with Gasteiger partial charge in [0.15, 0.2) is 0 Å². The molecule has 0 aliphatic carbocycles. The summed E-state index contributed by atoms with van der Waals surface area (Å²) in [5, 5.41) is 10.5. The number of amides is 1. The Kier molecular flexibility index (Phi) is 6.06. The number of nitrogens with zero attached hydrogens (tertiary/aromatic N) is 3. The van der Waals surface area contributed by atoms with Crippen LogP contribution in [0.15, 0.2) is 39.6 Å². The van der Waals surface area contributed by atoms with E-state index in [1.54, 1.807) is 6.07 Å². The quantitative estimate of drug-likeness (QED) is 0.543. The van der Waals surface area contributed by atoms with E-state index in [1.165, 1.54) is 28.6 Å². The third-order valence-corrected chi connectivity index (χ3v) is 8.13. The van der Waals surface area contributed by atoms with E-state index in [9.17, 15) is 13.2 Å². The van der Waals surface area contributed by atoms with Crippen LogP contribution in [0.5, 0.6) is 0 Å². The molecule has 1 amide bonds. The minimum atomic E-state index is -3.87. The van der Waals surface area contributed by atoms with Gasteiger partial charge in [-0.25, -0.2) is 8.42 Å². The standard InChI is InChI=1S/C17H13Cl3N4O4S2/c18-9-3-5-10(6-4-9)30(26,27)24-7-1-2-12(24)15(25)21-17-23-22-16(28-17)11-8-13(19)29-14(11)20/h3-6,8,12H,1-2,7H2,(H,21,23,25). The lowest BCUT2D eigenvalue weighted by Crippen LogP contribution is -2.43. The molecule has 1 atom stereocenters. The summed E-state index contributed by atoms with van der Waals surface area (Å²) in [4.78, 5) is 12.8. The molecule has 1 unspecified atom stereocenters. The highest BCUT2D eigenvalue weighted by atomic mass is 35.5. The number of hydrogen-bond acceptors (Lipinski definition) is 7. The minimum Gasteiger partial charge on any atom is -0.403 e. The second kappa shape index (κ2) is 8.45. The predicted molar refractivity (Wildman–Crippen MR) is 115 cm³/mol. The highest BCUT2D eigenvalue weighted by molar-refractivity contribution is 7.89. The van der Waals surface area contributed by atoms with Crippen molar-refractivity contribution in [1.82, 2.24) is 14.5 Å². The molecule has 4 rings (SSSR count). The number of sulfonamides is 1. The van der Waals surface area contributed by atoms with Gasteiger partial charge in [0.25, 0.3) is 5.89 Å². The lowest BCUT2D eigenvalue weighted by Gasteiger charge is -2.22. The fourth-order valence-corrected chi connectivity index (χ4v) is 6.32. The van der Waals surface area contributed by atoms with E-state index in [0.29, 0.717) is 32.1 Å². The maximum absolute atomic E-state index is 13.0. The Labute approximate surface area is 190 Å². The van der Waals surface area contributed by atoms with Gasteiger partial charge in [-0.1, -0.05) is 39.9 Å². The molecule has 1 fully saturated rings. The van der Waals surface area contributed by atoms with Crippen LogP contribution < -0.4 is 5.32 Å². The lowest BCUT2D eigenvalue weighted by molar-refractivity contribution is -0.119. The molecular formula is C17H13Cl3N4O4S2. The number of halogens is 3. The Hall–Kier alpha value is -1.69. The number of anilines is 1. The second-order valence-corrected chi connectivity index (χ2v) is 11.0. The molecule has 0 spiro atoms. The fraction of sp³-hybridized carbons (Fsp3) is 0.235. The Bertz CT molecular complexity index is 1190. The van der Waals surface area contributed by atoms with Crippen molar-refractivity contribution in [1.29, 1.82) is 0 Å². The van der Waals surface area contributed by atoms with Crippen LogP contribution >= 0.6 is 46.1 Å². The lowest BCUT2D eigenvalue weighted by atomic mass is 10.2. The van der Waals surface area contributed by atoms with Gasteiger partial charge in [-0.15, -0.1) is 16.4 Å². The number of carbonyl (C=O) groups is 1. The monoisotopic (exact) mass is 506 g/mol. The van der Waals surface area contributed by atoms with Crippen LogP contribution in [0.25, 0.3) is 11.5 Å². The molecule has 1 aliphatic heterocycles. The first kappa shape index (κ1) is 21.5. The Morgan fingerprint density at radius 1 is 1.20 bits per heavy atom. The van der Waals surface area contributed by atoms with Crippen molar-refractivity contribution in [2.24, 2.45) is 0 Å². The molecule has 158 valence electrons. The van der Waals surface area contributed by atoms with Crippen LogP contribution in [0.1, 0.15) is 12.8 Å². The summed E-state index contributed by atoms with van der Waals surface area (Å²) in [5.74, 6) is -0.467. The molecule has 3 heterocycles. The van der Waals surface area contributed by atoms with Crippen LogP contribution in [0.4, 0.5) is 6.01 Å². The third-order valence-electron chi connectivity index (χ3n) is 4.47. The summed E-state index contributed by atoms with van der Waals surface area (Å²) in [6.07, 6.45) is 0.911. The molecule has 13 heteroatoms. The Morgan fingerprint density at radius 2 is 1.93 bits per heavy atom. The van der Waals surface area contributed by atoms with Crippen molar-refractivity contribution >= 4 is 68.1 Å². The summed E-state index contributed by atoms with van der Waals surface area (Å²) >= 11 is 19.0. The number of rotatable bonds is 5. The zero-order chi connectivity index (χ0) is 21.5. The van der Waals surface area contributed by atoms with E-state index in [1.807, 2.05) is 0 Å². The SMILES string of the molecule is O=C(Nc1nnc(-c2cc(Cl)sc2Cl)o1)C1CCCN1S(=O)(=O)c1ccc(Cl)cc1. The van der Waals surface area contributed by atoms with E-state index >= 15 is 0 Å². The Morgan fingerprint density at radius 3 is 2.60 bits per heavy atom. The van der Waals surface area contributed by atoms with Crippen LogP contribution in [0.3, 0.4) is 0 Å². The van der Waals surface area contributed by atoms with E-state index in [2.05, 4.69) is 15.5 Å². The van der Waals surface area contributed by atoms with Crippen molar-refractivity contribution in [3.8, 4) is 11.5 Å². The molecule has 0 saturated carbocycles. The second-order valence-electron chi connectivity index (χ2n) is 6.37. The molecule has 1 N–H and O–H groups in total. The number of hydrogen-bond donors (Lipinski definition) is 1. The van der Waals surface area contributed by atoms with E-state index in [-0.39, 0.29) is 23.3 Å². The van der Waals surface area contributed by atoms with Crippen molar-refractivity contribution < 1.29 is 17.6 Å². The highest BCUT2D eigenvalue weighted by Gasteiger charge is 2.40. The van der Waals surface area contributed by atoms with Crippen molar-refractivity contribution in [3.63, 3.8) is 0 Å². The molecule has 2 aromatic heterocycles. The zero-order valence-corrected chi connectivity index (χ0v) is 18.9. The van der Waals surface area contributed by atoms with Crippen LogP contribution in [-0.2, 0) is 14.8 Å². The maximum Gasteiger partial charge on any atom is 0.322 e. The summed E-state index contributed by atoms with van der Waals surface area (Å²) < 4.78 is 33.4. The summed E-state index contributed by atoms with van der Waals surface area (Å²) in [6, 6.07) is 6.30. The van der Waals surface area contributed by atoms with Crippen LogP contribution in [-0.4, -0.2) is 41.4 Å². The average molecular weight is 508 g/mol. The van der Waals surface area contributed by atoms with Gasteiger partial charge in [0.1, 0.15) is 10.4 Å². The van der Waals surface area contributed by atoms with Crippen LogP contribution in [0, 0.1) is 0 Å². The molecule has 3 aromatic rings. The molecule has 0 radical (unpaired) electrons. The number of thiophene rings is 1. The van der Waals surface area contributed by atoms with Crippen molar-refractivity contribution in [2.45, 2.75) is 23.8 Å². The van der Waals surface area contributed by atoms with Gasteiger partial charge < -0.3 is 4.42 Å². The average Bonchev–Trinajstić information content (AvgIpc) is 3.42. The summed E-state index contributed by atoms with van der Waals surface area (Å²) in [7, 11) is -3.87. The first-order valence-electron chi connectivity index (χ1n) is 8.62. The van der Waals surface area contributed by atoms with Gasteiger partial charge in [0.2, 0.25) is 15.9 Å². The van der Waals surface area contributed by atoms with Gasteiger partial charge in [0.05, 0.1) is 14.8 Å². The maximum atomic E-state index is 13.0. The molecule has 8 nitrogen and oxygen atoms in total. The molecule has 1 aromatic carbocycles. The Balaban J connectivity index is 1.52. The molecule has 1 saturated heterocycles. The highest BCUT2D eigenvalue weighted by Crippen LogP contribution is 2.38. The largest absolute Gasteiger partial charge is 0.403 e. The predicted octanol–water partition coefficient (Wildman–Crippen LogP) is 4.55. The van der Waals surface area contributed by atoms with Crippen molar-refractivity contribution in [2.75, 3.05) is 11.9 Å². The van der Waals surface area contributed by atoms with Crippen LogP contribution in [0.2, 0.25) is 13.7 Å². The molecular weight excluding hydrogens is 495 g/mol. The third kappa shape index (κ3) is 4.20. The minimum absolute atomic E-state index is 0.0654. The number of aromatic nitrogens is 2. The van der Waals surface area contributed by atoms with E-state index in [4.69, 9.17) is 39.2 Å². The number of benzene rings is 1. The fourth-order valence-electron chi connectivity index (χ4n) is 3.09. The van der Waals surface area contributed by atoms with Gasteiger partial charge in [-0.05, 0) is 43.2 Å². The van der Waals surface area contributed by atoms with Gasteiger partial charge in [-0.2, -0.15) is 4.31 Å². The van der Waals surface area contributed by atoms with E-state index in [0.717, 1.165) is 11.3 Å². The topological polar surface area (TPSA) is 105 Å². The van der Waals surface area contributed by atoms with Gasteiger partial charge in [-0.3, -0.25) is 10.1 Å². The van der Waals surface area contributed by atoms with E-state index < -0.39 is 22.0 Å². The molecule has 0 bridgehead atoms.